The van der Waals surface area contributed by atoms with Crippen molar-refractivity contribution in [3.63, 3.8) is 0 Å². The first-order valence-corrected chi connectivity index (χ1v) is 10.2. The summed E-state index contributed by atoms with van der Waals surface area (Å²) in [5.74, 6) is -1.26. The molecule has 0 saturated carbocycles. The van der Waals surface area contributed by atoms with E-state index in [2.05, 4.69) is 0 Å². The second kappa shape index (κ2) is 10.3. The van der Waals surface area contributed by atoms with Crippen LogP contribution in [0.5, 0.6) is 0 Å². The molecule has 31 heavy (non-hydrogen) atoms. The van der Waals surface area contributed by atoms with Crippen LogP contribution in [0.4, 0.5) is 10.1 Å². The molecule has 1 heterocycles. The zero-order valence-corrected chi connectivity index (χ0v) is 18.1. The molecule has 0 aromatic heterocycles. The highest BCUT2D eigenvalue weighted by molar-refractivity contribution is 6.45. The molecular formula is C24H27FN2O4. The molecule has 0 N–H and O–H groups in total. The lowest BCUT2D eigenvalue weighted by molar-refractivity contribution is -0.120. The Balaban J connectivity index is 2.09. The first-order valence-electron chi connectivity index (χ1n) is 10.2. The zero-order chi connectivity index (χ0) is 22.4. The van der Waals surface area contributed by atoms with Gasteiger partial charge in [-0.15, -0.1) is 0 Å². The van der Waals surface area contributed by atoms with Gasteiger partial charge in [0.25, 0.3) is 11.8 Å². The monoisotopic (exact) mass is 426 g/mol. The third kappa shape index (κ3) is 4.84. The van der Waals surface area contributed by atoms with Gasteiger partial charge in [-0.05, 0) is 41.8 Å². The summed E-state index contributed by atoms with van der Waals surface area (Å²) >= 11 is 0. The normalized spacial score (nSPS) is 14.0. The van der Waals surface area contributed by atoms with Crippen molar-refractivity contribution in [1.82, 2.24) is 4.90 Å². The van der Waals surface area contributed by atoms with Crippen molar-refractivity contribution in [1.29, 1.82) is 0 Å². The van der Waals surface area contributed by atoms with E-state index in [4.69, 9.17) is 9.47 Å². The summed E-state index contributed by atoms with van der Waals surface area (Å²) in [6.45, 7) is 3.59. The van der Waals surface area contributed by atoms with E-state index in [1.807, 2.05) is 19.1 Å². The van der Waals surface area contributed by atoms with Gasteiger partial charge in [-0.1, -0.05) is 31.2 Å². The average molecular weight is 426 g/mol. The average Bonchev–Trinajstić information content (AvgIpc) is 3.04. The predicted octanol–water partition coefficient (Wildman–Crippen LogP) is 3.27. The fourth-order valence-corrected chi connectivity index (χ4v) is 3.54. The smallest absolute Gasteiger partial charge is 0.282 e. The molecular weight excluding hydrogens is 399 g/mol. The molecule has 164 valence electrons. The first-order chi connectivity index (χ1) is 15.0. The van der Waals surface area contributed by atoms with Crippen molar-refractivity contribution in [2.45, 2.75) is 13.3 Å². The van der Waals surface area contributed by atoms with Gasteiger partial charge >= 0.3 is 0 Å². The third-order valence-electron chi connectivity index (χ3n) is 5.24. The van der Waals surface area contributed by atoms with E-state index in [9.17, 15) is 14.0 Å². The molecule has 0 atom stereocenters. The number of rotatable bonds is 10. The van der Waals surface area contributed by atoms with Crippen LogP contribution in [0.2, 0.25) is 0 Å². The van der Waals surface area contributed by atoms with Crippen molar-refractivity contribution < 1.29 is 23.5 Å². The third-order valence-corrected chi connectivity index (χ3v) is 5.24. The number of ether oxygens (including phenoxy) is 2. The topological polar surface area (TPSA) is 59.1 Å². The minimum Gasteiger partial charge on any atom is -0.383 e. The van der Waals surface area contributed by atoms with Crippen molar-refractivity contribution in [2.75, 3.05) is 45.4 Å². The van der Waals surface area contributed by atoms with Crippen molar-refractivity contribution in [3.05, 3.63) is 71.2 Å². The van der Waals surface area contributed by atoms with Crippen LogP contribution in [0.3, 0.4) is 0 Å². The molecule has 0 saturated heterocycles. The lowest BCUT2D eigenvalue weighted by atomic mass is 10.0. The number of hydrogen-bond donors (Lipinski definition) is 0. The van der Waals surface area contributed by atoms with Gasteiger partial charge < -0.3 is 14.4 Å². The number of benzene rings is 2. The van der Waals surface area contributed by atoms with Crippen LogP contribution >= 0.6 is 0 Å². The molecule has 2 aromatic carbocycles. The van der Waals surface area contributed by atoms with Crippen molar-refractivity contribution in [3.8, 4) is 0 Å². The summed E-state index contributed by atoms with van der Waals surface area (Å²) < 4.78 is 23.9. The Hall–Kier alpha value is -3.03. The van der Waals surface area contributed by atoms with Gasteiger partial charge in [0.2, 0.25) is 0 Å². The zero-order valence-electron chi connectivity index (χ0n) is 18.1. The quantitative estimate of drug-likeness (QED) is 0.546. The number of aryl methyl sites for hydroxylation is 1. The fraction of sp³-hybridized carbons (Fsp3) is 0.333. The lowest BCUT2D eigenvalue weighted by Crippen LogP contribution is -2.37. The molecule has 1 aliphatic heterocycles. The van der Waals surface area contributed by atoms with Gasteiger partial charge in [-0.2, -0.15) is 0 Å². The Morgan fingerprint density at radius 3 is 1.97 bits per heavy atom. The fourth-order valence-electron chi connectivity index (χ4n) is 3.54. The number of halogens is 1. The highest BCUT2D eigenvalue weighted by Crippen LogP contribution is 2.35. The van der Waals surface area contributed by atoms with Crippen LogP contribution in [0.1, 0.15) is 18.1 Å². The Morgan fingerprint density at radius 1 is 0.871 bits per heavy atom. The molecule has 7 heteroatoms. The molecule has 0 fully saturated rings. The molecule has 0 radical (unpaired) electrons. The molecule has 0 unspecified atom stereocenters. The number of methoxy groups -OCH3 is 2. The Labute approximate surface area is 181 Å². The van der Waals surface area contributed by atoms with Crippen LogP contribution < -0.4 is 4.90 Å². The molecule has 1 aliphatic rings. The Bertz CT molecular complexity index is 947. The van der Waals surface area contributed by atoms with Crippen molar-refractivity contribution >= 4 is 23.1 Å². The first kappa shape index (κ1) is 22.7. The number of hydrogen-bond acceptors (Lipinski definition) is 5. The standard InChI is InChI=1S/C24H27FN2O4/c1-4-17-5-11-20(12-6-17)27-23(28)21(18-7-9-19(25)10-8-18)22(24(27)29)26(13-15-30-2)14-16-31-3/h5-12H,4,13-16H2,1-3H3. The number of nitrogens with zero attached hydrogens (tertiary/aromatic N) is 2. The second-order valence-electron chi connectivity index (χ2n) is 7.17. The van der Waals surface area contributed by atoms with Gasteiger partial charge in [0.05, 0.1) is 24.5 Å². The van der Waals surface area contributed by atoms with Gasteiger partial charge in [-0.25, -0.2) is 9.29 Å². The molecule has 0 aliphatic carbocycles. The van der Waals surface area contributed by atoms with Crippen LogP contribution in [0.25, 0.3) is 5.57 Å². The minimum atomic E-state index is -0.435. The predicted molar refractivity (Wildman–Crippen MR) is 117 cm³/mol. The Kier molecular flexibility index (Phi) is 7.55. The highest BCUT2D eigenvalue weighted by Gasteiger charge is 2.42. The van der Waals surface area contributed by atoms with E-state index < -0.39 is 17.6 Å². The SMILES string of the molecule is CCc1ccc(N2C(=O)C(c3ccc(F)cc3)=C(N(CCOC)CCOC)C2=O)cc1. The van der Waals surface area contributed by atoms with E-state index in [0.29, 0.717) is 37.6 Å². The maximum absolute atomic E-state index is 13.5. The molecule has 2 amide bonds. The van der Waals surface area contributed by atoms with E-state index in [-0.39, 0.29) is 11.3 Å². The number of anilines is 1. The molecule has 3 rings (SSSR count). The molecule has 0 spiro atoms. The molecule has 6 nitrogen and oxygen atoms in total. The van der Waals surface area contributed by atoms with E-state index in [1.54, 1.807) is 31.3 Å². The van der Waals surface area contributed by atoms with E-state index in [1.165, 1.54) is 29.2 Å². The summed E-state index contributed by atoms with van der Waals surface area (Å²) in [6.07, 6.45) is 0.855. The number of carbonyl (C=O) groups excluding carboxylic acids is 2. The van der Waals surface area contributed by atoms with E-state index in [0.717, 1.165) is 12.0 Å². The van der Waals surface area contributed by atoms with Gasteiger partial charge in [0.15, 0.2) is 0 Å². The maximum atomic E-state index is 13.5. The van der Waals surface area contributed by atoms with Crippen LogP contribution in [-0.4, -0.2) is 57.2 Å². The van der Waals surface area contributed by atoms with Gasteiger partial charge in [0.1, 0.15) is 11.5 Å². The van der Waals surface area contributed by atoms with Gasteiger partial charge in [0, 0.05) is 27.3 Å². The number of imide groups is 1. The van der Waals surface area contributed by atoms with E-state index >= 15 is 0 Å². The van der Waals surface area contributed by atoms with Crippen molar-refractivity contribution in [2.24, 2.45) is 0 Å². The van der Waals surface area contributed by atoms with Crippen LogP contribution in [0.15, 0.2) is 54.2 Å². The summed E-state index contributed by atoms with van der Waals surface area (Å²) in [7, 11) is 3.15. The number of amides is 2. The minimum absolute atomic E-state index is 0.247. The molecule has 2 aromatic rings. The number of carbonyl (C=O) groups is 2. The van der Waals surface area contributed by atoms with Gasteiger partial charge in [-0.3, -0.25) is 9.59 Å². The Morgan fingerprint density at radius 2 is 1.45 bits per heavy atom. The second-order valence-corrected chi connectivity index (χ2v) is 7.17. The maximum Gasteiger partial charge on any atom is 0.282 e. The molecule has 0 bridgehead atoms. The lowest BCUT2D eigenvalue weighted by Gasteiger charge is -2.25. The highest BCUT2D eigenvalue weighted by atomic mass is 19.1. The summed E-state index contributed by atoms with van der Waals surface area (Å²) in [5, 5.41) is 0. The van der Waals surface area contributed by atoms with Crippen LogP contribution in [-0.2, 0) is 25.5 Å². The van der Waals surface area contributed by atoms with Crippen LogP contribution in [0, 0.1) is 5.82 Å². The summed E-state index contributed by atoms with van der Waals surface area (Å²) in [5.41, 5.74) is 2.61. The summed E-state index contributed by atoms with van der Waals surface area (Å²) in [6, 6.07) is 13.0. The summed E-state index contributed by atoms with van der Waals surface area (Å²) in [4.78, 5) is 30.0. The largest absolute Gasteiger partial charge is 0.383 e.